The second-order valence-electron chi connectivity index (χ2n) is 9.37. The molecular weight excluding hydrogens is 390 g/mol. The van der Waals surface area contributed by atoms with Crippen LogP contribution in [0.5, 0.6) is 0 Å². The maximum atomic E-state index is 12.5. The van der Waals surface area contributed by atoms with Crippen LogP contribution in [-0.2, 0) is 4.79 Å². The predicted octanol–water partition coefficient (Wildman–Crippen LogP) is 3.03. The Morgan fingerprint density at radius 1 is 1.00 bits per heavy atom. The van der Waals surface area contributed by atoms with Gasteiger partial charge in [0.1, 0.15) is 0 Å². The molecule has 0 unspecified atom stereocenters. The minimum Gasteiger partial charge on any atom is -0.344 e. The second-order valence-corrected chi connectivity index (χ2v) is 9.37. The number of anilines is 1. The van der Waals surface area contributed by atoms with Gasteiger partial charge >= 0.3 is 6.03 Å². The van der Waals surface area contributed by atoms with Gasteiger partial charge in [-0.2, -0.15) is 0 Å². The smallest absolute Gasteiger partial charge is 0.328 e. The molecule has 1 aromatic heterocycles. The lowest BCUT2D eigenvalue weighted by Gasteiger charge is -2.36. The van der Waals surface area contributed by atoms with E-state index >= 15 is 0 Å². The Kier molecular flexibility index (Phi) is 5.71. The molecular formula is C24H33N5O2. The lowest BCUT2D eigenvalue weighted by Crippen LogP contribution is -2.49. The molecule has 7 heteroatoms. The van der Waals surface area contributed by atoms with Crippen LogP contribution in [0.4, 0.5) is 10.5 Å². The van der Waals surface area contributed by atoms with Gasteiger partial charge in [0, 0.05) is 50.2 Å². The Morgan fingerprint density at radius 3 is 2.52 bits per heavy atom. The molecule has 0 bridgehead atoms. The van der Waals surface area contributed by atoms with Gasteiger partial charge in [0.15, 0.2) is 0 Å². The first-order valence-electron chi connectivity index (χ1n) is 11.7. The van der Waals surface area contributed by atoms with Gasteiger partial charge in [-0.15, -0.1) is 0 Å². The SMILES string of the molecule is Cc1ccc2c(ccn2C2CCN(CC3CCNCC3)CC2)c1N1CCC(=O)NC1=O. The molecule has 3 amide bonds. The minimum atomic E-state index is -0.314. The van der Waals surface area contributed by atoms with E-state index in [2.05, 4.69) is 44.5 Å². The van der Waals surface area contributed by atoms with Crippen molar-refractivity contribution in [2.24, 2.45) is 5.92 Å². The summed E-state index contributed by atoms with van der Waals surface area (Å²) in [4.78, 5) is 28.5. The van der Waals surface area contributed by atoms with Crippen LogP contribution in [-0.4, -0.2) is 60.7 Å². The highest BCUT2D eigenvalue weighted by atomic mass is 16.2. The summed E-state index contributed by atoms with van der Waals surface area (Å²) in [6.45, 7) is 8.36. The quantitative estimate of drug-likeness (QED) is 0.793. The highest BCUT2D eigenvalue weighted by Gasteiger charge is 2.29. The van der Waals surface area contributed by atoms with E-state index in [1.165, 1.54) is 38.0 Å². The molecule has 3 fully saturated rings. The van der Waals surface area contributed by atoms with Crippen LogP contribution in [0.2, 0.25) is 0 Å². The topological polar surface area (TPSA) is 69.6 Å². The first-order valence-corrected chi connectivity index (χ1v) is 11.7. The molecule has 2 N–H and O–H groups in total. The van der Waals surface area contributed by atoms with Crippen molar-refractivity contribution < 1.29 is 9.59 Å². The van der Waals surface area contributed by atoms with Crippen molar-refractivity contribution in [1.29, 1.82) is 0 Å². The van der Waals surface area contributed by atoms with E-state index in [0.29, 0.717) is 19.0 Å². The maximum absolute atomic E-state index is 12.5. The van der Waals surface area contributed by atoms with Gasteiger partial charge in [-0.1, -0.05) is 6.07 Å². The van der Waals surface area contributed by atoms with Crippen molar-refractivity contribution in [3.63, 3.8) is 0 Å². The molecule has 5 rings (SSSR count). The summed E-state index contributed by atoms with van der Waals surface area (Å²) in [5.74, 6) is 0.651. The lowest BCUT2D eigenvalue weighted by atomic mass is 9.95. The fraction of sp³-hybridized carbons (Fsp3) is 0.583. The van der Waals surface area contributed by atoms with Gasteiger partial charge in [-0.3, -0.25) is 15.0 Å². The molecule has 31 heavy (non-hydrogen) atoms. The number of urea groups is 1. The van der Waals surface area contributed by atoms with Gasteiger partial charge in [0.05, 0.1) is 11.2 Å². The zero-order valence-electron chi connectivity index (χ0n) is 18.4. The summed E-state index contributed by atoms with van der Waals surface area (Å²) < 4.78 is 2.41. The molecule has 0 aliphatic carbocycles. The Balaban J connectivity index is 1.32. The number of aromatic nitrogens is 1. The number of amides is 3. The Bertz CT molecular complexity index is 970. The molecule has 3 aliphatic rings. The zero-order chi connectivity index (χ0) is 21.4. The van der Waals surface area contributed by atoms with Crippen LogP contribution in [0.3, 0.4) is 0 Å². The van der Waals surface area contributed by atoms with Crippen LogP contribution in [0.15, 0.2) is 24.4 Å². The van der Waals surface area contributed by atoms with Crippen molar-refractivity contribution >= 4 is 28.5 Å². The van der Waals surface area contributed by atoms with Crippen molar-refractivity contribution in [3.8, 4) is 0 Å². The van der Waals surface area contributed by atoms with E-state index in [1.54, 1.807) is 4.90 Å². The van der Waals surface area contributed by atoms with E-state index in [-0.39, 0.29) is 11.9 Å². The summed E-state index contributed by atoms with van der Waals surface area (Å²) in [7, 11) is 0. The molecule has 0 spiro atoms. The summed E-state index contributed by atoms with van der Waals surface area (Å²) >= 11 is 0. The molecule has 166 valence electrons. The highest BCUT2D eigenvalue weighted by Crippen LogP contribution is 2.36. The monoisotopic (exact) mass is 423 g/mol. The van der Waals surface area contributed by atoms with Crippen LogP contribution in [0.1, 0.15) is 43.7 Å². The average Bonchev–Trinajstić information content (AvgIpc) is 3.20. The molecule has 0 saturated carbocycles. The van der Waals surface area contributed by atoms with Crippen molar-refractivity contribution in [2.45, 2.75) is 45.1 Å². The number of benzene rings is 1. The Hall–Kier alpha value is -2.38. The normalized spacial score (nSPS) is 22.3. The van der Waals surface area contributed by atoms with Crippen LogP contribution in [0.25, 0.3) is 10.9 Å². The van der Waals surface area contributed by atoms with Gasteiger partial charge in [0.25, 0.3) is 0 Å². The lowest BCUT2D eigenvalue weighted by molar-refractivity contribution is -0.120. The van der Waals surface area contributed by atoms with Gasteiger partial charge in [-0.05, 0) is 69.3 Å². The van der Waals surface area contributed by atoms with Crippen molar-refractivity contribution in [3.05, 3.63) is 30.0 Å². The Morgan fingerprint density at radius 2 is 1.77 bits per heavy atom. The number of aryl methyl sites for hydroxylation is 1. The minimum absolute atomic E-state index is 0.195. The molecule has 0 radical (unpaired) electrons. The van der Waals surface area contributed by atoms with Gasteiger partial charge in [-0.25, -0.2) is 4.79 Å². The van der Waals surface area contributed by atoms with Crippen LogP contribution >= 0.6 is 0 Å². The molecule has 3 aliphatic heterocycles. The van der Waals surface area contributed by atoms with Crippen molar-refractivity contribution in [2.75, 3.05) is 44.2 Å². The summed E-state index contributed by atoms with van der Waals surface area (Å²) in [6.07, 6.45) is 7.47. The molecule has 7 nitrogen and oxygen atoms in total. The molecule has 1 aromatic carbocycles. The van der Waals surface area contributed by atoms with Gasteiger partial charge < -0.3 is 14.8 Å². The van der Waals surface area contributed by atoms with Crippen molar-refractivity contribution in [1.82, 2.24) is 20.1 Å². The average molecular weight is 424 g/mol. The number of hydrogen-bond donors (Lipinski definition) is 2. The standard InChI is InChI=1S/C24H33N5O2/c1-17-2-3-21-20(23(17)29-15-9-22(30)26-24(29)31)8-14-28(21)19-6-12-27(13-7-19)16-18-4-10-25-11-5-18/h2-3,8,14,18-19,25H,4-7,9-13,15-16H2,1H3,(H,26,30,31). The number of fused-ring (bicyclic) bond motifs is 1. The first-order chi connectivity index (χ1) is 15.1. The first kappa shape index (κ1) is 20.5. The maximum Gasteiger partial charge on any atom is 0.328 e. The fourth-order valence-electron chi connectivity index (χ4n) is 5.59. The fourth-order valence-corrected chi connectivity index (χ4v) is 5.59. The Labute approximate surface area is 183 Å². The largest absolute Gasteiger partial charge is 0.344 e. The zero-order valence-corrected chi connectivity index (χ0v) is 18.4. The molecule has 4 heterocycles. The number of likely N-dealkylation sites (tertiary alicyclic amines) is 1. The third kappa shape index (κ3) is 4.08. The van der Waals surface area contributed by atoms with E-state index in [9.17, 15) is 9.59 Å². The third-order valence-corrected chi connectivity index (χ3v) is 7.33. The van der Waals surface area contributed by atoms with E-state index in [1.807, 2.05) is 6.92 Å². The van der Waals surface area contributed by atoms with E-state index in [0.717, 1.165) is 48.5 Å². The number of piperidine rings is 2. The molecule has 3 saturated heterocycles. The highest BCUT2D eigenvalue weighted by molar-refractivity contribution is 6.10. The third-order valence-electron chi connectivity index (χ3n) is 7.33. The van der Waals surface area contributed by atoms with E-state index < -0.39 is 0 Å². The van der Waals surface area contributed by atoms with Crippen LogP contribution < -0.4 is 15.5 Å². The number of carbonyl (C=O) groups is 2. The van der Waals surface area contributed by atoms with E-state index in [4.69, 9.17) is 0 Å². The molecule has 0 atom stereocenters. The number of hydrogen-bond acceptors (Lipinski definition) is 4. The summed E-state index contributed by atoms with van der Waals surface area (Å²) in [6, 6.07) is 6.61. The summed E-state index contributed by atoms with van der Waals surface area (Å²) in [5, 5.41) is 7.02. The number of nitrogens with one attached hydrogen (secondary N) is 2. The predicted molar refractivity (Wildman–Crippen MR) is 122 cm³/mol. The molecule has 2 aromatic rings. The number of carbonyl (C=O) groups excluding carboxylic acids is 2. The second kappa shape index (κ2) is 8.63. The number of imide groups is 1. The number of rotatable bonds is 4. The number of nitrogens with zero attached hydrogens (tertiary/aromatic N) is 3. The summed E-state index contributed by atoms with van der Waals surface area (Å²) in [5.41, 5.74) is 3.18. The van der Waals surface area contributed by atoms with Crippen LogP contribution in [0, 0.1) is 12.8 Å². The van der Waals surface area contributed by atoms with Gasteiger partial charge in [0.2, 0.25) is 5.91 Å².